The predicted molar refractivity (Wildman–Crippen MR) is 363 cm³/mol. The van der Waals surface area contributed by atoms with Crippen LogP contribution in [0, 0.1) is 0 Å². The van der Waals surface area contributed by atoms with E-state index in [0.717, 1.165) is 57.8 Å². The molecule has 0 aromatic carbocycles. The van der Waals surface area contributed by atoms with Crippen molar-refractivity contribution in [3.63, 3.8) is 0 Å². The van der Waals surface area contributed by atoms with Gasteiger partial charge in [0.15, 0.2) is 6.10 Å². The highest BCUT2D eigenvalue weighted by atomic mass is 16.6. The van der Waals surface area contributed by atoms with Gasteiger partial charge in [0.2, 0.25) is 0 Å². The second kappa shape index (κ2) is 72.9. The molecule has 0 aromatic rings. The summed E-state index contributed by atoms with van der Waals surface area (Å²) in [7, 11) is 0. The second-order valence-corrected chi connectivity index (χ2v) is 26.6. The van der Waals surface area contributed by atoms with Crippen LogP contribution >= 0.6 is 0 Å². The molecule has 0 aliphatic rings. The molecule has 0 amide bonds. The highest BCUT2D eigenvalue weighted by molar-refractivity contribution is 5.71. The van der Waals surface area contributed by atoms with Crippen molar-refractivity contribution >= 4 is 17.9 Å². The molecule has 1 atom stereocenters. The van der Waals surface area contributed by atoms with E-state index >= 15 is 0 Å². The van der Waals surface area contributed by atoms with Gasteiger partial charge in [-0.25, -0.2) is 0 Å². The Labute approximate surface area is 520 Å². The van der Waals surface area contributed by atoms with Gasteiger partial charge >= 0.3 is 17.9 Å². The molecular weight excluding hydrogens is 1020 g/mol. The predicted octanol–water partition coefficient (Wildman–Crippen LogP) is 26.6. The maximum Gasteiger partial charge on any atom is 0.306 e. The smallest absolute Gasteiger partial charge is 0.306 e. The number of ether oxygens (including phenoxy) is 3. The average molecular weight is 1170 g/mol. The summed E-state index contributed by atoms with van der Waals surface area (Å²) in [6.07, 6.45) is 87.4. The van der Waals surface area contributed by atoms with E-state index in [0.29, 0.717) is 19.3 Å². The van der Waals surface area contributed by atoms with E-state index in [-0.39, 0.29) is 31.1 Å². The molecular formula is C77H150O6. The summed E-state index contributed by atoms with van der Waals surface area (Å²) in [5, 5.41) is 0. The van der Waals surface area contributed by atoms with E-state index in [9.17, 15) is 14.4 Å². The third-order valence-corrected chi connectivity index (χ3v) is 18.1. The van der Waals surface area contributed by atoms with Crippen molar-refractivity contribution in [2.45, 2.75) is 463 Å². The summed E-state index contributed by atoms with van der Waals surface area (Å²) >= 11 is 0. The molecule has 0 aliphatic carbocycles. The van der Waals surface area contributed by atoms with E-state index in [1.807, 2.05) is 0 Å². The minimum atomic E-state index is -0.764. The van der Waals surface area contributed by atoms with Gasteiger partial charge in [0, 0.05) is 19.3 Å². The van der Waals surface area contributed by atoms with Gasteiger partial charge in [-0.2, -0.15) is 0 Å². The Hall–Kier alpha value is -1.59. The molecule has 0 fully saturated rings. The number of carbonyl (C=O) groups excluding carboxylic acids is 3. The first-order valence-electron chi connectivity index (χ1n) is 38.5. The number of hydrogen-bond acceptors (Lipinski definition) is 6. The fraction of sp³-hybridized carbons (Fsp3) is 0.961. The van der Waals surface area contributed by atoms with E-state index in [4.69, 9.17) is 14.2 Å². The molecule has 0 spiro atoms. The summed E-state index contributed by atoms with van der Waals surface area (Å²) in [6, 6.07) is 0. The van der Waals surface area contributed by atoms with E-state index in [1.165, 1.54) is 360 Å². The zero-order chi connectivity index (χ0) is 59.9. The summed E-state index contributed by atoms with van der Waals surface area (Å²) in [6.45, 7) is 6.75. The number of unbranched alkanes of at least 4 members (excludes halogenated alkanes) is 62. The Balaban J connectivity index is 4.13. The van der Waals surface area contributed by atoms with Gasteiger partial charge in [-0.1, -0.05) is 419 Å². The van der Waals surface area contributed by atoms with Crippen LogP contribution in [0.4, 0.5) is 0 Å². The van der Waals surface area contributed by atoms with E-state index in [2.05, 4.69) is 20.8 Å². The van der Waals surface area contributed by atoms with Crippen LogP contribution in [-0.2, 0) is 28.6 Å². The van der Waals surface area contributed by atoms with Crippen molar-refractivity contribution in [3.05, 3.63) is 0 Å². The number of carbonyl (C=O) groups is 3. The standard InChI is InChI=1S/C77H150O6/c1-4-7-10-13-16-19-22-25-27-29-31-33-35-36-37-38-39-40-42-43-45-47-49-52-55-58-61-64-67-70-76(79)82-73-74(72-81-75(78)69-66-63-60-57-54-51-24-21-18-15-12-9-6-3)83-77(80)71-68-65-62-59-56-53-50-48-46-44-41-34-32-30-28-26-23-20-17-14-11-8-5-2/h74H,4-73H2,1-3H3. The van der Waals surface area contributed by atoms with Crippen LogP contribution in [0.2, 0.25) is 0 Å². The molecule has 0 saturated heterocycles. The fourth-order valence-electron chi connectivity index (χ4n) is 12.3. The fourth-order valence-corrected chi connectivity index (χ4v) is 12.3. The van der Waals surface area contributed by atoms with Crippen LogP contribution in [0.1, 0.15) is 457 Å². The Morgan fingerprint density at radius 1 is 0.193 bits per heavy atom. The maximum absolute atomic E-state index is 13.0. The SMILES string of the molecule is CCCCCCCCCCCCCCCCCCCCCCCCCCCCCCCC(=O)OCC(COC(=O)CCCCCCCCCCCCCCC)OC(=O)CCCCCCCCCCCCCCCCCCCCCCCCC. The second-order valence-electron chi connectivity index (χ2n) is 26.6. The molecule has 83 heavy (non-hydrogen) atoms. The first-order valence-corrected chi connectivity index (χ1v) is 38.5. The molecule has 0 aliphatic heterocycles. The Bertz CT molecular complexity index is 1250. The first-order chi connectivity index (χ1) is 41.0. The van der Waals surface area contributed by atoms with Gasteiger partial charge in [0.1, 0.15) is 13.2 Å². The lowest BCUT2D eigenvalue weighted by Gasteiger charge is -2.18. The normalized spacial score (nSPS) is 11.9. The van der Waals surface area contributed by atoms with Gasteiger partial charge in [-0.15, -0.1) is 0 Å². The zero-order valence-corrected chi connectivity index (χ0v) is 57.0. The van der Waals surface area contributed by atoms with Crippen molar-refractivity contribution < 1.29 is 28.6 Å². The molecule has 0 saturated carbocycles. The summed E-state index contributed by atoms with van der Waals surface area (Å²) in [4.78, 5) is 38.5. The maximum atomic E-state index is 13.0. The topological polar surface area (TPSA) is 78.9 Å². The van der Waals surface area contributed by atoms with Crippen molar-refractivity contribution in [3.8, 4) is 0 Å². The summed E-state index contributed by atoms with van der Waals surface area (Å²) < 4.78 is 17.0. The number of hydrogen-bond donors (Lipinski definition) is 0. The van der Waals surface area contributed by atoms with E-state index < -0.39 is 6.10 Å². The third-order valence-electron chi connectivity index (χ3n) is 18.1. The van der Waals surface area contributed by atoms with Gasteiger partial charge in [0.05, 0.1) is 0 Å². The number of esters is 3. The third kappa shape index (κ3) is 71.1. The molecule has 0 bridgehead atoms. The van der Waals surface area contributed by atoms with E-state index in [1.54, 1.807) is 0 Å². The van der Waals surface area contributed by atoms with Crippen molar-refractivity contribution in [1.82, 2.24) is 0 Å². The molecule has 1 unspecified atom stereocenters. The summed E-state index contributed by atoms with van der Waals surface area (Å²) in [5.74, 6) is -0.816. The van der Waals surface area contributed by atoms with Crippen LogP contribution in [-0.4, -0.2) is 37.2 Å². The van der Waals surface area contributed by atoms with Gasteiger partial charge in [0.25, 0.3) is 0 Å². The number of rotatable bonds is 73. The Morgan fingerprint density at radius 2 is 0.325 bits per heavy atom. The van der Waals surface area contributed by atoms with Crippen molar-refractivity contribution in [2.24, 2.45) is 0 Å². The molecule has 6 nitrogen and oxygen atoms in total. The zero-order valence-electron chi connectivity index (χ0n) is 57.0. The molecule has 0 rings (SSSR count). The molecule has 0 N–H and O–H groups in total. The molecule has 0 aromatic heterocycles. The summed E-state index contributed by atoms with van der Waals surface area (Å²) in [5.41, 5.74) is 0. The Morgan fingerprint density at radius 3 is 0.482 bits per heavy atom. The highest BCUT2D eigenvalue weighted by Gasteiger charge is 2.20. The first kappa shape index (κ1) is 81.4. The van der Waals surface area contributed by atoms with Crippen LogP contribution in [0.3, 0.4) is 0 Å². The van der Waals surface area contributed by atoms with Gasteiger partial charge < -0.3 is 14.2 Å². The van der Waals surface area contributed by atoms with Gasteiger partial charge in [-0.3, -0.25) is 14.4 Å². The molecule has 494 valence electrons. The Kier molecular flexibility index (Phi) is 71.5. The van der Waals surface area contributed by atoms with Crippen molar-refractivity contribution in [2.75, 3.05) is 13.2 Å². The largest absolute Gasteiger partial charge is 0.462 e. The minimum absolute atomic E-state index is 0.0600. The highest BCUT2D eigenvalue weighted by Crippen LogP contribution is 2.20. The molecule has 0 heterocycles. The molecule has 6 heteroatoms. The minimum Gasteiger partial charge on any atom is -0.462 e. The monoisotopic (exact) mass is 1170 g/mol. The van der Waals surface area contributed by atoms with Crippen LogP contribution < -0.4 is 0 Å². The molecule has 0 radical (unpaired) electrons. The van der Waals surface area contributed by atoms with Crippen LogP contribution in [0.25, 0.3) is 0 Å². The quantitative estimate of drug-likeness (QED) is 0.0343. The van der Waals surface area contributed by atoms with Crippen LogP contribution in [0.5, 0.6) is 0 Å². The lowest BCUT2D eigenvalue weighted by molar-refractivity contribution is -0.167. The van der Waals surface area contributed by atoms with Crippen LogP contribution in [0.15, 0.2) is 0 Å². The van der Waals surface area contributed by atoms with Gasteiger partial charge in [-0.05, 0) is 19.3 Å². The average Bonchev–Trinajstić information content (AvgIpc) is 3.49. The lowest BCUT2D eigenvalue weighted by Crippen LogP contribution is -2.30. The lowest BCUT2D eigenvalue weighted by atomic mass is 10.0. The van der Waals surface area contributed by atoms with Crippen molar-refractivity contribution in [1.29, 1.82) is 0 Å².